The molecule has 0 spiro atoms. The normalized spacial score (nSPS) is 13.0. The van der Waals surface area contributed by atoms with Crippen LogP contribution < -0.4 is 0 Å². The van der Waals surface area contributed by atoms with E-state index in [-0.39, 0.29) is 5.41 Å². The van der Waals surface area contributed by atoms with E-state index >= 15 is 0 Å². The molecule has 0 saturated heterocycles. The van der Waals surface area contributed by atoms with Gasteiger partial charge in [0.1, 0.15) is 5.52 Å². The van der Waals surface area contributed by atoms with Gasteiger partial charge in [-0.05, 0) is 46.0 Å². The Balaban J connectivity index is 1.08. The van der Waals surface area contributed by atoms with E-state index in [1.165, 1.54) is 22.3 Å². The Morgan fingerprint density at radius 3 is 1.60 bits per heavy atom. The number of para-hydroxylation sites is 1. The van der Waals surface area contributed by atoms with Crippen LogP contribution in [0.15, 0.2) is 150 Å². The van der Waals surface area contributed by atoms with Crippen LogP contribution in [-0.4, -0.2) is 19.9 Å². The Morgan fingerprint density at radius 1 is 0.417 bits per heavy atom. The first-order valence-corrected chi connectivity index (χ1v) is 16.1. The van der Waals surface area contributed by atoms with Gasteiger partial charge in [0.2, 0.25) is 5.89 Å². The van der Waals surface area contributed by atoms with Crippen LogP contribution in [0.1, 0.15) is 25.0 Å². The Labute approximate surface area is 278 Å². The van der Waals surface area contributed by atoms with Crippen molar-refractivity contribution in [3.05, 3.63) is 157 Å². The number of benzene rings is 6. The van der Waals surface area contributed by atoms with E-state index in [2.05, 4.69) is 86.6 Å². The van der Waals surface area contributed by atoms with Crippen molar-refractivity contribution in [1.29, 1.82) is 0 Å². The second kappa shape index (κ2) is 11.0. The molecule has 0 saturated carbocycles. The van der Waals surface area contributed by atoms with Crippen LogP contribution in [0.25, 0.3) is 79.0 Å². The predicted molar refractivity (Wildman–Crippen MR) is 192 cm³/mol. The largest absolute Gasteiger partial charge is 0.436 e. The minimum atomic E-state index is -0.0941. The van der Waals surface area contributed by atoms with Gasteiger partial charge in [0.15, 0.2) is 23.1 Å². The van der Waals surface area contributed by atoms with Gasteiger partial charge in [-0.15, -0.1) is 0 Å². The fourth-order valence-electron chi connectivity index (χ4n) is 6.88. The van der Waals surface area contributed by atoms with Gasteiger partial charge >= 0.3 is 0 Å². The summed E-state index contributed by atoms with van der Waals surface area (Å²) in [5, 5.41) is 0. The van der Waals surface area contributed by atoms with Crippen LogP contribution in [0.4, 0.5) is 0 Å². The lowest BCUT2D eigenvalue weighted by Gasteiger charge is -2.21. The van der Waals surface area contributed by atoms with Gasteiger partial charge in [0, 0.05) is 33.2 Å². The van der Waals surface area contributed by atoms with Crippen molar-refractivity contribution in [1.82, 2.24) is 19.9 Å². The highest BCUT2D eigenvalue weighted by Gasteiger charge is 2.35. The van der Waals surface area contributed by atoms with Gasteiger partial charge in [-0.2, -0.15) is 0 Å². The minimum absolute atomic E-state index is 0.0941. The Bertz CT molecular complexity index is 2410. The van der Waals surface area contributed by atoms with Gasteiger partial charge in [0.05, 0.1) is 0 Å². The molecule has 0 N–H and O–H groups in total. The molecule has 48 heavy (non-hydrogen) atoms. The summed E-state index contributed by atoms with van der Waals surface area (Å²) in [7, 11) is 0. The van der Waals surface area contributed by atoms with E-state index in [1.54, 1.807) is 0 Å². The molecule has 2 aromatic heterocycles. The van der Waals surface area contributed by atoms with Gasteiger partial charge in [-0.1, -0.05) is 141 Å². The zero-order valence-electron chi connectivity index (χ0n) is 26.6. The molecule has 5 heteroatoms. The van der Waals surface area contributed by atoms with E-state index < -0.39 is 0 Å². The van der Waals surface area contributed by atoms with E-state index in [4.69, 9.17) is 24.4 Å². The number of aromatic nitrogens is 4. The average Bonchev–Trinajstić information content (AvgIpc) is 3.69. The number of rotatable bonds is 5. The lowest BCUT2D eigenvalue weighted by Crippen LogP contribution is -2.14. The molecule has 0 amide bonds. The maximum Gasteiger partial charge on any atom is 0.227 e. The van der Waals surface area contributed by atoms with E-state index in [9.17, 15) is 0 Å². The third-order valence-corrected chi connectivity index (χ3v) is 9.40. The molecule has 9 rings (SSSR count). The first-order chi connectivity index (χ1) is 23.5. The summed E-state index contributed by atoms with van der Waals surface area (Å²) in [5.41, 5.74) is 12.5. The molecule has 1 aliphatic carbocycles. The molecule has 6 aromatic carbocycles. The quantitative estimate of drug-likeness (QED) is 0.192. The summed E-state index contributed by atoms with van der Waals surface area (Å²) in [6.45, 7) is 4.58. The molecule has 8 aromatic rings. The highest BCUT2D eigenvalue weighted by Crippen LogP contribution is 2.49. The number of hydrogen-bond acceptors (Lipinski definition) is 5. The SMILES string of the molecule is CC1(C)c2ccccc2-c2ccc(-c3nc4c(-c5ccc(-c6nc(-c7ccccc7)nc(-c7ccccc7)n6)cc5)cccc4o3)cc21. The molecule has 5 nitrogen and oxygen atoms in total. The third-order valence-electron chi connectivity index (χ3n) is 9.40. The Morgan fingerprint density at radius 2 is 0.938 bits per heavy atom. The van der Waals surface area contributed by atoms with E-state index in [1.807, 2.05) is 72.8 Å². The van der Waals surface area contributed by atoms with Gasteiger partial charge in [0.25, 0.3) is 0 Å². The summed E-state index contributed by atoms with van der Waals surface area (Å²) >= 11 is 0. The van der Waals surface area contributed by atoms with Crippen LogP contribution in [0.3, 0.4) is 0 Å². The number of nitrogens with zero attached hydrogens (tertiary/aromatic N) is 4. The molecule has 0 radical (unpaired) electrons. The van der Waals surface area contributed by atoms with Crippen LogP contribution in [0.2, 0.25) is 0 Å². The van der Waals surface area contributed by atoms with Crippen molar-refractivity contribution >= 4 is 11.1 Å². The van der Waals surface area contributed by atoms with Crippen LogP contribution in [0, 0.1) is 0 Å². The zero-order valence-corrected chi connectivity index (χ0v) is 26.6. The first-order valence-electron chi connectivity index (χ1n) is 16.1. The van der Waals surface area contributed by atoms with E-state index in [0.29, 0.717) is 23.4 Å². The van der Waals surface area contributed by atoms with Crippen LogP contribution >= 0.6 is 0 Å². The molecule has 0 bridgehead atoms. The predicted octanol–water partition coefficient (Wildman–Crippen LogP) is 10.7. The molecular formula is C43H30N4O. The molecule has 1 aliphatic rings. The number of oxazole rings is 1. The molecule has 0 atom stereocenters. The van der Waals surface area contributed by atoms with Crippen molar-refractivity contribution in [2.24, 2.45) is 0 Å². The monoisotopic (exact) mass is 618 g/mol. The van der Waals surface area contributed by atoms with E-state index in [0.717, 1.165) is 44.5 Å². The minimum Gasteiger partial charge on any atom is -0.436 e. The summed E-state index contributed by atoms with van der Waals surface area (Å²) in [4.78, 5) is 19.6. The standard InChI is InChI=1S/C43H30N4O/c1-43(2)35-18-10-9-16-33(35)34-25-24-31(26-36(34)43)42-44-38-32(17-11-19-37(38)48-42)27-20-22-30(23-21-27)41-46-39(28-12-5-3-6-13-28)45-40(47-41)29-14-7-4-8-15-29/h3-26H,1-2H3. The Kier molecular flexibility index (Phi) is 6.40. The van der Waals surface area contributed by atoms with Crippen molar-refractivity contribution in [2.45, 2.75) is 19.3 Å². The fraction of sp³-hybridized carbons (Fsp3) is 0.0698. The van der Waals surface area contributed by atoms with Gasteiger partial charge in [-0.3, -0.25) is 0 Å². The second-order valence-corrected chi connectivity index (χ2v) is 12.7. The zero-order chi connectivity index (χ0) is 32.2. The number of hydrogen-bond donors (Lipinski definition) is 0. The summed E-state index contributed by atoms with van der Waals surface area (Å²) in [5.74, 6) is 2.53. The lowest BCUT2D eigenvalue weighted by molar-refractivity contribution is 0.618. The lowest BCUT2D eigenvalue weighted by atomic mass is 9.82. The maximum absolute atomic E-state index is 6.39. The second-order valence-electron chi connectivity index (χ2n) is 12.7. The summed E-state index contributed by atoms with van der Waals surface area (Å²) in [6.07, 6.45) is 0. The summed E-state index contributed by atoms with van der Waals surface area (Å²) < 4.78 is 6.39. The first kappa shape index (κ1) is 28.1. The van der Waals surface area contributed by atoms with Gasteiger partial charge in [-0.25, -0.2) is 19.9 Å². The highest BCUT2D eigenvalue weighted by molar-refractivity contribution is 5.93. The number of fused-ring (bicyclic) bond motifs is 4. The Hall–Kier alpha value is -6.20. The highest BCUT2D eigenvalue weighted by atomic mass is 16.3. The average molecular weight is 619 g/mol. The van der Waals surface area contributed by atoms with Gasteiger partial charge < -0.3 is 4.42 Å². The van der Waals surface area contributed by atoms with Crippen molar-refractivity contribution < 1.29 is 4.42 Å². The maximum atomic E-state index is 6.39. The topological polar surface area (TPSA) is 64.7 Å². The smallest absolute Gasteiger partial charge is 0.227 e. The molecule has 228 valence electrons. The fourth-order valence-corrected chi connectivity index (χ4v) is 6.88. The van der Waals surface area contributed by atoms with Crippen molar-refractivity contribution in [3.63, 3.8) is 0 Å². The van der Waals surface area contributed by atoms with Crippen LogP contribution in [-0.2, 0) is 5.41 Å². The van der Waals surface area contributed by atoms with Crippen molar-refractivity contribution in [2.75, 3.05) is 0 Å². The summed E-state index contributed by atoms with van der Waals surface area (Å²) in [6, 6.07) is 49.7. The molecular weight excluding hydrogens is 589 g/mol. The van der Waals surface area contributed by atoms with Crippen LogP contribution in [0.5, 0.6) is 0 Å². The molecule has 0 fully saturated rings. The van der Waals surface area contributed by atoms with Crippen molar-refractivity contribution in [3.8, 4) is 67.9 Å². The third kappa shape index (κ3) is 4.63. The molecule has 2 heterocycles. The molecule has 0 unspecified atom stereocenters. The molecule has 0 aliphatic heterocycles.